The molecule has 2 heterocycles. The molecule has 1 aromatic heterocycles. The van der Waals surface area contributed by atoms with E-state index in [0.29, 0.717) is 38.3 Å². The van der Waals surface area contributed by atoms with E-state index in [0.717, 1.165) is 0 Å². The first-order chi connectivity index (χ1) is 9.45. The molecule has 112 valence electrons. The van der Waals surface area contributed by atoms with Crippen LogP contribution in [0.1, 0.15) is 23.9 Å². The summed E-state index contributed by atoms with van der Waals surface area (Å²) in [6, 6.07) is 0. The maximum absolute atomic E-state index is 13.1. The van der Waals surface area contributed by atoms with Crippen molar-refractivity contribution in [2.75, 3.05) is 31.5 Å². The number of hydrogen-bond acceptors (Lipinski definition) is 5. The molecule has 0 bridgehead atoms. The summed E-state index contributed by atoms with van der Waals surface area (Å²) in [6.45, 7) is 4.26. The van der Waals surface area contributed by atoms with Gasteiger partial charge in [0.15, 0.2) is 5.69 Å². The Morgan fingerprint density at radius 2 is 2.10 bits per heavy atom. The Morgan fingerprint density at radius 1 is 1.35 bits per heavy atom. The van der Waals surface area contributed by atoms with Gasteiger partial charge in [-0.3, -0.25) is 4.90 Å². The molecule has 0 radical (unpaired) electrons. The highest BCUT2D eigenvalue weighted by Gasteiger charge is 2.38. The lowest BCUT2D eigenvalue weighted by Gasteiger charge is -2.28. The van der Waals surface area contributed by atoms with E-state index in [2.05, 4.69) is 15.3 Å². The molecular weight excluding hydrogens is 271 g/mol. The van der Waals surface area contributed by atoms with E-state index >= 15 is 0 Å². The fraction of sp³-hybridized carbons (Fsp3) is 0.667. The van der Waals surface area contributed by atoms with E-state index < -0.39 is 11.9 Å². The van der Waals surface area contributed by atoms with Crippen molar-refractivity contribution < 1.29 is 13.2 Å². The summed E-state index contributed by atoms with van der Waals surface area (Å²) in [5.74, 6) is 0.00599. The van der Waals surface area contributed by atoms with Gasteiger partial charge in [-0.15, -0.1) is 0 Å². The highest BCUT2D eigenvalue weighted by atomic mass is 19.4. The minimum absolute atomic E-state index is 0.00599. The molecule has 20 heavy (non-hydrogen) atoms. The minimum atomic E-state index is -4.47. The molecule has 0 saturated carbocycles. The summed E-state index contributed by atoms with van der Waals surface area (Å²) >= 11 is 0. The summed E-state index contributed by atoms with van der Waals surface area (Å²) in [6.07, 6.45) is -3.96. The predicted molar refractivity (Wildman–Crippen MR) is 69.2 cm³/mol. The minimum Gasteiger partial charge on any atom is -0.353 e. The van der Waals surface area contributed by atoms with Gasteiger partial charge in [0.25, 0.3) is 0 Å². The second-order valence-electron chi connectivity index (χ2n) is 4.65. The SMILES string of the molecule is CCN1CCc2nc(NCCN)nc(C(F)(F)F)c2C1. The van der Waals surface area contributed by atoms with Crippen molar-refractivity contribution in [3.63, 3.8) is 0 Å². The first-order valence-electron chi connectivity index (χ1n) is 6.59. The van der Waals surface area contributed by atoms with Gasteiger partial charge in [-0.2, -0.15) is 13.2 Å². The van der Waals surface area contributed by atoms with Crippen molar-refractivity contribution >= 4 is 5.95 Å². The van der Waals surface area contributed by atoms with Crippen LogP contribution in [-0.4, -0.2) is 41.0 Å². The zero-order chi connectivity index (χ0) is 14.8. The molecule has 0 atom stereocenters. The number of nitrogens with two attached hydrogens (primary N) is 1. The standard InChI is InChI=1S/C12H18F3N5/c1-2-20-6-3-9-8(7-20)10(12(13,14)15)19-11(18-9)17-5-4-16/h2-7,16H2,1H3,(H,17,18,19). The Labute approximate surface area is 115 Å². The van der Waals surface area contributed by atoms with Gasteiger partial charge in [0.1, 0.15) is 0 Å². The fourth-order valence-corrected chi connectivity index (χ4v) is 2.24. The van der Waals surface area contributed by atoms with Gasteiger partial charge in [-0.25, -0.2) is 9.97 Å². The van der Waals surface area contributed by atoms with Gasteiger partial charge in [-0.1, -0.05) is 6.92 Å². The van der Waals surface area contributed by atoms with Gasteiger partial charge < -0.3 is 11.1 Å². The molecule has 1 aromatic rings. The van der Waals surface area contributed by atoms with Gasteiger partial charge in [-0.05, 0) is 6.54 Å². The molecule has 0 spiro atoms. The van der Waals surface area contributed by atoms with Crippen LogP contribution >= 0.6 is 0 Å². The summed E-state index contributed by atoms with van der Waals surface area (Å²) in [4.78, 5) is 9.78. The lowest BCUT2D eigenvalue weighted by atomic mass is 10.0. The number of aromatic nitrogens is 2. The Balaban J connectivity index is 2.40. The molecular formula is C12H18F3N5. The van der Waals surface area contributed by atoms with Gasteiger partial charge in [0.05, 0.1) is 5.69 Å². The molecule has 8 heteroatoms. The molecule has 0 unspecified atom stereocenters. The van der Waals surface area contributed by atoms with E-state index in [-0.39, 0.29) is 18.1 Å². The number of anilines is 1. The number of halogens is 3. The summed E-state index contributed by atoms with van der Waals surface area (Å²) in [5, 5.41) is 2.72. The summed E-state index contributed by atoms with van der Waals surface area (Å²) in [7, 11) is 0. The number of hydrogen-bond donors (Lipinski definition) is 2. The molecule has 0 aromatic carbocycles. The first kappa shape index (κ1) is 15.0. The van der Waals surface area contributed by atoms with Crippen LogP contribution in [0.15, 0.2) is 0 Å². The van der Waals surface area contributed by atoms with Crippen LogP contribution in [-0.2, 0) is 19.1 Å². The third-order valence-electron chi connectivity index (χ3n) is 3.28. The number of likely N-dealkylation sites (N-methyl/N-ethyl adjacent to an activating group) is 1. The second kappa shape index (κ2) is 5.92. The molecule has 0 fully saturated rings. The maximum Gasteiger partial charge on any atom is 0.433 e. The molecule has 0 amide bonds. The van der Waals surface area contributed by atoms with Crippen molar-refractivity contribution in [2.45, 2.75) is 26.1 Å². The fourth-order valence-electron chi connectivity index (χ4n) is 2.24. The number of alkyl halides is 3. The van der Waals surface area contributed by atoms with Crippen LogP contribution in [0.5, 0.6) is 0 Å². The zero-order valence-electron chi connectivity index (χ0n) is 11.3. The van der Waals surface area contributed by atoms with Crippen LogP contribution in [0.2, 0.25) is 0 Å². The summed E-state index contributed by atoms with van der Waals surface area (Å²) in [5.41, 5.74) is 5.18. The molecule has 0 saturated heterocycles. The van der Waals surface area contributed by atoms with Crippen molar-refractivity contribution in [3.8, 4) is 0 Å². The normalized spacial score (nSPS) is 16.1. The molecule has 2 rings (SSSR count). The number of nitrogens with one attached hydrogen (secondary N) is 1. The Kier molecular flexibility index (Phi) is 4.44. The lowest BCUT2D eigenvalue weighted by Crippen LogP contribution is -2.33. The van der Waals surface area contributed by atoms with Crippen LogP contribution in [0.3, 0.4) is 0 Å². The van der Waals surface area contributed by atoms with Crippen molar-refractivity contribution in [3.05, 3.63) is 17.0 Å². The molecule has 1 aliphatic heterocycles. The van der Waals surface area contributed by atoms with Gasteiger partial charge >= 0.3 is 6.18 Å². The monoisotopic (exact) mass is 289 g/mol. The van der Waals surface area contributed by atoms with E-state index in [1.54, 1.807) is 0 Å². The Bertz CT molecular complexity index is 475. The third-order valence-corrected chi connectivity index (χ3v) is 3.28. The highest BCUT2D eigenvalue weighted by Crippen LogP contribution is 2.34. The van der Waals surface area contributed by atoms with Crippen LogP contribution in [0.4, 0.5) is 19.1 Å². The van der Waals surface area contributed by atoms with Gasteiger partial charge in [0.2, 0.25) is 5.95 Å². The summed E-state index contributed by atoms with van der Waals surface area (Å²) < 4.78 is 39.4. The topological polar surface area (TPSA) is 67.1 Å². The molecule has 3 N–H and O–H groups in total. The largest absolute Gasteiger partial charge is 0.433 e. The van der Waals surface area contributed by atoms with Crippen LogP contribution in [0, 0.1) is 0 Å². The molecule has 0 aliphatic carbocycles. The Morgan fingerprint density at radius 3 is 2.70 bits per heavy atom. The zero-order valence-corrected chi connectivity index (χ0v) is 11.3. The van der Waals surface area contributed by atoms with E-state index in [1.165, 1.54) is 0 Å². The van der Waals surface area contributed by atoms with Crippen molar-refractivity contribution in [1.29, 1.82) is 0 Å². The van der Waals surface area contributed by atoms with Crippen molar-refractivity contribution in [1.82, 2.24) is 14.9 Å². The average molecular weight is 289 g/mol. The molecule has 5 nitrogen and oxygen atoms in total. The van der Waals surface area contributed by atoms with E-state index in [9.17, 15) is 13.2 Å². The van der Waals surface area contributed by atoms with Crippen LogP contribution in [0.25, 0.3) is 0 Å². The van der Waals surface area contributed by atoms with E-state index in [1.807, 2.05) is 11.8 Å². The number of nitrogens with zero attached hydrogens (tertiary/aromatic N) is 3. The Hall–Kier alpha value is -1.41. The maximum atomic E-state index is 13.1. The lowest BCUT2D eigenvalue weighted by molar-refractivity contribution is -0.142. The van der Waals surface area contributed by atoms with E-state index in [4.69, 9.17) is 5.73 Å². The quantitative estimate of drug-likeness (QED) is 0.873. The first-order valence-corrected chi connectivity index (χ1v) is 6.59. The third kappa shape index (κ3) is 3.18. The smallest absolute Gasteiger partial charge is 0.353 e. The highest BCUT2D eigenvalue weighted by molar-refractivity contribution is 5.37. The molecule has 1 aliphatic rings. The average Bonchev–Trinajstić information content (AvgIpc) is 2.42. The number of fused-ring (bicyclic) bond motifs is 1. The van der Waals surface area contributed by atoms with Crippen LogP contribution < -0.4 is 11.1 Å². The second-order valence-corrected chi connectivity index (χ2v) is 4.65. The van der Waals surface area contributed by atoms with Crippen molar-refractivity contribution in [2.24, 2.45) is 5.73 Å². The predicted octanol–water partition coefficient (Wildman–Crippen LogP) is 1.24. The number of rotatable bonds is 4. The van der Waals surface area contributed by atoms with Gasteiger partial charge in [0, 0.05) is 38.2 Å².